The van der Waals surface area contributed by atoms with E-state index >= 15 is 0 Å². The summed E-state index contributed by atoms with van der Waals surface area (Å²) in [4.78, 5) is 24.6. The van der Waals surface area contributed by atoms with Crippen LogP contribution in [0.3, 0.4) is 0 Å². The van der Waals surface area contributed by atoms with Gasteiger partial charge in [-0.2, -0.15) is 0 Å². The van der Waals surface area contributed by atoms with E-state index in [1.165, 1.54) is 321 Å². The molecule has 6 heteroatoms. The van der Waals surface area contributed by atoms with Gasteiger partial charge in [-0.1, -0.05) is 347 Å². The third-order valence-electron chi connectivity index (χ3n) is 16.6. The SMILES string of the molecule is CCCCCCCCC/C=C\CCCCCCCC(=O)OCCCCCCCCCCCCCCCCCCCCCCCCCCCCCC(=O)NC(CO)C(O)CCCCCCCCCCCCCCCCCC. The average Bonchev–Trinajstić information content (AvgIpc) is 3.42. The molecule has 0 bridgehead atoms. The zero-order chi connectivity index (χ0) is 55.0. The van der Waals surface area contributed by atoms with Crippen molar-refractivity contribution in [3.8, 4) is 0 Å². The van der Waals surface area contributed by atoms with Crippen LogP contribution in [0.1, 0.15) is 399 Å². The molecule has 0 spiro atoms. The summed E-state index contributed by atoms with van der Waals surface area (Å²) in [6.45, 7) is 4.99. The highest BCUT2D eigenvalue weighted by molar-refractivity contribution is 5.76. The average molecular weight is 1070 g/mol. The molecule has 6 nitrogen and oxygen atoms in total. The van der Waals surface area contributed by atoms with E-state index in [9.17, 15) is 19.8 Å². The normalized spacial score (nSPS) is 12.5. The molecule has 2 atom stereocenters. The molecule has 0 saturated heterocycles. The van der Waals surface area contributed by atoms with Crippen LogP contribution in [0.2, 0.25) is 0 Å². The molecule has 0 aromatic carbocycles. The fourth-order valence-corrected chi connectivity index (χ4v) is 11.2. The third-order valence-corrected chi connectivity index (χ3v) is 16.6. The Morgan fingerprint density at radius 1 is 0.355 bits per heavy atom. The maximum absolute atomic E-state index is 12.5. The molecule has 76 heavy (non-hydrogen) atoms. The van der Waals surface area contributed by atoms with Gasteiger partial charge in [0.05, 0.1) is 25.4 Å². The molecule has 0 rings (SSSR count). The maximum atomic E-state index is 12.5. The molecule has 0 aromatic heterocycles. The number of nitrogens with one attached hydrogen (secondary N) is 1. The number of aliphatic hydroxyl groups is 2. The largest absolute Gasteiger partial charge is 0.466 e. The smallest absolute Gasteiger partial charge is 0.305 e. The molecule has 452 valence electrons. The van der Waals surface area contributed by atoms with E-state index < -0.39 is 12.1 Å². The first-order chi connectivity index (χ1) is 37.5. The molecule has 0 aliphatic rings. The first-order valence-corrected chi connectivity index (χ1v) is 34.9. The van der Waals surface area contributed by atoms with Crippen LogP contribution >= 0.6 is 0 Å². The number of esters is 1. The summed E-state index contributed by atoms with van der Waals surface area (Å²) in [6.07, 6.45) is 81.1. The minimum absolute atomic E-state index is 0.0117. The van der Waals surface area contributed by atoms with Crippen molar-refractivity contribution in [2.45, 2.75) is 411 Å². The lowest BCUT2D eigenvalue weighted by Gasteiger charge is -2.22. The van der Waals surface area contributed by atoms with Crippen molar-refractivity contribution >= 4 is 11.9 Å². The summed E-state index contributed by atoms with van der Waals surface area (Å²) in [7, 11) is 0. The summed E-state index contributed by atoms with van der Waals surface area (Å²) in [5, 5.41) is 23.4. The van der Waals surface area contributed by atoms with E-state index in [-0.39, 0.29) is 18.5 Å². The number of rotatable bonds is 66. The quantitative estimate of drug-likeness (QED) is 0.0320. The number of carbonyl (C=O) groups is 2. The van der Waals surface area contributed by atoms with Gasteiger partial charge in [-0.25, -0.2) is 0 Å². The second-order valence-electron chi connectivity index (χ2n) is 24.2. The summed E-state index contributed by atoms with van der Waals surface area (Å²) in [6, 6.07) is -0.539. The number of unbranched alkanes of at least 4 members (excludes halogenated alkanes) is 53. The summed E-state index contributed by atoms with van der Waals surface area (Å²) in [5.74, 6) is -0.0170. The number of ether oxygens (including phenoxy) is 1. The standard InChI is InChI=1S/C70H137NO5/c1-3-5-7-9-11-13-15-17-19-34-38-42-46-50-54-58-62-68(73)67(66-72)71-69(74)63-59-55-51-47-43-39-35-32-30-28-26-24-22-21-23-25-27-29-31-33-37-41-45-49-53-57-61-65-76-70(75)64-60-56-52-48-44-40-36-20-18-16-14-12-10-8-6-4-2/h20,36,67-68,72-73H,3-19,21-35,37-66H2,1-2H3,(H,71,74)/b36-20-. The number of hydrogen-bond donors (Lipinski definition) is 3. The van der Waals surface area contributed by atoms with Crippen molar-refractivity contribution in [2.24, 2.45) is 0 Å². The third kappa shape index (κ3) is 61.8. The van der Waals surface area contributed by atoms with Crippen molar-refractivity contribution in [1.29, 1.82) is 0 Å². The molecule has 0 aliphatic heterocycles. The minimum atomic E-state index is -0.662. The van der Waals surface area contributed by atoms with Gasteiger partial charge in [0.25, 0.3) is 0 Å². The van der Waals surface area contributed by atoms with Gasteiger partial charge in [-0.3, -0.25) is 9.59 Å². The Morgan fingerprint density at radius 3 is 0.934 bits per heavy atom. The van der Waals surface area contributed by atoms with E-state index in [0.29, 0.717) is 25.9 Å². The van der Waals surface area contributed by atoms with Crippen molar-refractivity contribution < 1.29 is 24.5 Å². The van der Waals surface area contributed by atoms with Crippen LogP contribution in [0.25, 0.3) is 0 Å². The van der Waals surface area contributed by atoms with E-state index in [2.05, 4.69) is 31.3 Å². The predicted octanol–water partition coefficient (Wildman–Crippen LogP) is 22.4. The number of amides is 1. The van der Waals surface area contributed by atoms with E-state index in [1.807, 2.05) is 0 Å². The summed E-state index contributed by atoms with van der Waals surface area (Å²) >= 11 is 0. The Morgan fingerprint density at radius 2 is 0.618 bits per heavy atom. The van der Waals surface area contributed by atoms with Gasteiger partial charge in [0, 0.05) is 12.8 Å². The van der Waals surface area contributed by atoms with Crippen LogP contribution in [0, 0.1) is 0 Å². The molecule has 0 saturated carbocycles. The van der Waals surface area contributed by atoms with Crippen LogP contribution in [0.15, 0.2) is 12.2 Å². The first kappa shape index (κ1) is 74.6. The first-order valence-electron chi connectivity index (χ1n) is 34.9. The highest BCUT2D eigenvalue weighted by Gasteiger charge is 2.20. The van der Waals surface area contributed by atoms with Crippen LogP contribution in [-0.4, -0.2) is 47.4 Å². The molecular formula is C70H137NO5. The Labute approximate surface area is 476 Å². The number of aliphatic hydroxyl groups excluding tert-OH is 2. The van der Waals surface area contributed by atoms with Gasteiger partial charge < -0.3 is 20.3 Å². The molecule has 0 radical (unpaired) electrons. The van der Waals surface area contributed by atoms with Gasteiger partial charge in [0.1, 0.15) is 0 Å². The van der Waals surface area contributed by atoms with Crippen molar-refractivity contribution in [2.75, 3.05) is 13.2 Å². The zero-order valence-electron chi connectivity index (χ0n) is 51.8. The van der Waals surface area contributed by atoms with E-state index in [1.54, 1.807) is 0 Å². The Hall–Kier alpha value is -1.40. The van der Waals surface area contributed by atoms with Crippen molar-refractivity contribution in [3.63, 3.8) is 0 Å². The predicted molar refractivity (Wildman–Crippen MR) is 333 cm³/mol. The summed E-state index contributed by atoms with van der Waals surface area (Å²) < 4.78 is 5.50. The second-order valence-corrected chi connectivity index (χ2v) is 24.2. The fourth-order valence-electron chi connectivity index (χ4n) is 11.2. The number of allylic oxidation sites excluding steroid dienone is 2. The lowest BCUT2D eigenvalue weighted by atomic mass is 10.0. The van der Waals surface area contributed by atoms with Crippen molar-refractivity contribution in [3.05, 3.63) is 12.2 Å². The summed E-state index contributed by atoms with van der Waals surface area (Å²) in [5.41, 5.74) is 0. The highest BCUT2D eigenvalue weighted by Crippen LogP contribution is 2.19. The molecule has 0 heterocycles. The van der Waals surface area contributed by atoms with Crippen LogP contribution in [0.5, 0.6) is 0 Å². The second kappa shape index (κ2) is 66.1. The minimum Gasteiger partial charge on any atom is -0.466 e. The maximum Gasteiger partial charge on any atom is 0.305 e. The van der Waals surface area contributed by atoms with Gasteiger partial charge in [-0.15, -0.1) is 0 Å². The molecule has 0 aliphatic carbocycles. The molecule has 0 fully saturated rings. The molecular weight excluding hydrogens is 935 g/mol. The van der Waals surface area contributed by atoms with Crippen LogP contribution in [0.4, 0.5) is 0 Å². The van der Waals surface area contributed by atoms with Gasteiger partial charge in [0.2, 0.25) is 5.91 Å². The van der Waals surface area contributed by atoms with E-state index in [4.69, 9.17) is 4.74 Å². The number of carbonyl (C=O) groups excluding carboxylic acids is 2. The molecule has 0 aromatic rings. The van der Waals surface area contributed by atoms with Gasteiger partial charge in [0.15, 0.2) is 0 Å². The lowest BCUT2D eigenvalue weighted by Crippen LogP contribution is -2.45. The topological polar surface area (TPSA) is 95.9 Å². The van der Waals surface area contributed by atoms with Crippen LogP contribution < -0.4 is 5.32 Å². The molecule has 2 unspecified atom stereocenters. The fraction of sp³-hybridized carbons (Fsp3) is 0.943. The monoisotopic (exact) mass is 1070 g/mol. The van der Waals surface area contributed by atoms with Crippen LogP contribution in [-0.2, 0) is 14.3 Å². The Bertz CT molecular complexity index is 1140. The van der Waals surface area contributed by atoms with Gasteiger partial charge >= 0.3 is 5.97 Å². The molecule has 1 amide bonds. The van der Waals surface area contributed by atoms with Crippen molar-refractivity contribution in [1.82, 2.24) is 5.32 Å². The number of hydrogen-bond acceptors (Lipinski definition) is 5. The van der Waals surface area contributed by atoms with Gasteiger partial charge in [-0.05, 0) is 51.4 Å². The highest BCUT2D eigenvalue weighted by atomic mass is 16.5. The Kier molecular flexibility index (Phi) is 64.9. The Balaban J connectivity index is 3.33. The molecule has 3 N–H and O–H groups in total. The zero-order valence-corrected chi connectivity index (χ0v) is 51.8. The lowest BCUT2D eigenvalue weighted by molar-refractivity contribution is -0.143. The van der Waals surface area contributed by atoms with E-state index in [0.717, 1.165) is 44.9 Å².